The van der Waals surface area contributed by atoms with Crippen LogP contribution in [0.3, 0.4) is 0 Å². The van der Waals surface area contributed by atoms with Crippen molar-refractivity contribution >= 4 is 23.1 Å². The summed E-state index contributed by atoms with van der Waals surface area (Å²) in [6, 6.07) is 5.76. The highest BCUT2D eigenvalue weighted by Gasteiger charge is 2.19. The first kappa shape index (κ1) is 11.2. The van der Waals surface area contributed by atoms with Crippen LogP contribution in [-0.4, -0.2) is 29.5 Å². The summed E-state index contributed by atoms with van der Waals surface area (Å²) in [5, 5.41) is 6.07. The van der Waals surface area contributed by atoms with Gasteiger partial charge in [-0.05, 0) is 31.5 Å². The fourth-order valence-corrected chi connectivity index (χ4v) is 2.51. The van der Waals surface area contributed by atoms with Gasteiger partial charge in [0.1, 0.15) is 11.3 Å². The maximum atomic E-state index is 10.6. The SMILES string of the molecule is O=CNc1cccc2[nH]c(C3CCCNC3)nc12. The second kappa shape index (κ2) is 4.78. The highest BCUT2D eigenvalue weighted by molar-refractivity contribution is 5.92. The second-order valence-corrected chi connectivity index (χ2v) is 4.63. The lowest BCUT2D eigenvalue weighted by molar-refractivity contribution is -0.105. The minimum atomic E-state index is 0.440. The number of benzene rings is 1. The van der Waals surface area contributed by atoms with E-state index in [1.165, 1.54) is 6.42 Å². The van der Waals surface area contributed by atoms with Crippen LogP contribution in [0.2, 0.25) is 0 Å². The van der Waals surface area contributed by atoms with E-state index in [0.29, 0.717) is 12.3 Å². The Hall–Kier alpha value is -1.88. The first-order valence-electron chi connectivity index (χ1n) is 6.28. The van der Waals surface area contributed by atoms with Gasteiger partial charge in [0, 0.05) is 12.5 Å². The van der Waals surface area contributed by atoms with E-state index >= 15 is 0 Å². The molecule has 1 aromatic heterocycles. The van der Waals surface area contributed by atoms with Gasteiger partial charge in [0.15, 0.2) is 0 Å². The van der Waals surface area contributed by atoms with E-state index in [-0.39, 0.29) is 0 Å². The minimum absolute atomic E-state index is 0.440. The normalized spacial score (nSPS) is 19.9. The number of H-pyrrole nitrogens is 1. The van der Waals surface area contributed by atoms with Gasteiger partial charge < -0.3 is 15.6 Å². The molecule has 1 aromatic carbocycles. The number of imidazole rings is 1. The molecule has 0 spiro atoms. The molecule has 1 amide bonds. The van der Waals surface area contributed by atoms with Crippen molar-refractivity contribution in [1.29, 1.82) is 0 Å². The molecule has 5 heteroatoms. The van der Waals surface area contributed by atoms with Crippen LogP contribution < -0.4 is 10.6 Å². The number of aromatic amines is 1. The number of nitrogens with one attached hydrogen (secondary N) is 3. The van der Waals surface area contributed by atoms with Crippen molar-refractivity contribution in [2.45, 2.75) is 18.8 Å². The van der Waals surface area contributed by atoms with Gasteiger partial charge in [-0.25, -0.2) is 4.98 Å². The zero-order valence-corrected chi connectivity index (χ0v) is 10.1. The summed E-state index contributed by atoms with van der Waals surface area (Å²) >= 11 is 0. The van der Waals surface area contributed by atoms with Gasteiger partial charge in [0.25, 0.3) is 0 Å². The summed E-state index contributed by atoms with van der Waals surface area (Å²) in [4.78, 5) is 18.6. The zero-order valence-electron chi connectivity index (χ0n) is 10.1. The fourth-order valence-electron chi connectivity index (χ4n) is 2.51. The molecule has 3 rings (SSSR count). The van der Waals surface area contributed by atoms with Crippen LogP contribution in [0.25, 0.3) is 11.0 Å². The number of aromatic nitrogens is 2. The van der Waals surface area contributed by atoms with Crippen LogP contribution in [0, 0.1) is 0 Å². The Morgan fingerprint density at radius 2 is 2.39 bits per heavy atom. The predicted molar refractivity (Wildman–Crippen MR) is 70.6 cm³/mol. The van der Waals surface area contributed by atoms with Crippen molar-refractivity contribution in [2.75, 3.05) is 18.4 Å². The van der Waals surface area contributed by atoms with Gasteiger partial charge >= 0.3 is 0 Å². The molecule has 3 N–H and O–H groups in total. The standard InChI is InChI=1S/C13H16N4O/c18-8-15-10-4-1-5-11-12(10)17-13(16-11)9-3-2-6-14-7-9/h1,4-5,8-9,14H,2-3,6-7H2,(H,15,18)(H,16,17). The summed E-state index contributed by atoms with van der Waals surface area (Å²) in [5.41, 5.74) is 2.57. The zero-order chi connectivity index (χ0) is 12.4. The summed E-state index contributed by atoms with van der Waals surface area (Å²) < 4.78 is 0. The molecule has 1 aliphatic heterocycles. The van der Waals surface area contributed by atoms with Gasteiger partial charge in [-0.2, -0.15) is 0 Å². The van der Waals surface area contributed by atoms with Crippen molar-refractivity contribution in [1.82, 2.24) is 15.3 Å². The highest BCUT2D eigenvalue weighted by atomic mass is 16.1. The van der Waals surface area contributed by atoms with Crippen LogP contribution in [-0.2, 0) is 4.79 Å². The smallest absolute Gasteiger partial charge is 0.211 e. The van der Waals surface area contributed by atoms with E-state index in [4.69, 9.17) is 0 Å². The van der Waals surface area contributed by atoms with Crippen LogP contribution >= 0.6 is 0 Å². The Labute approximate surface area is 105 Å². The number of para-hydroxylation sites is 1. The topological polar surface area (TPSA) is 69.8 Å². The number of carbonyl (C=O) groups excluding carboxylic acids is 1. The third-order valence-corrected chi connectivity index (χ3v) is 3.43. The Bertz CT molecular complexity index is 557. The maximum Gasteiger partial charge on any atom is 0.211 e. The highest BCUT2D eigenvalue weighted by Crippen LogP contribution is 2.26. The fraction of sp³-hybridized carbons (Fsp3) is 0.385. The first-order valence-corrected chi connectivity index (χ1v) is 6.28. The maximum absolute atomic E-state index is 10.6. The number of fused-ring (bicyclic) bond motifs is 1. The Morgan fingerprint density at radius 3 is 3.17 bits per heavy atom. The van der Waals surface area contributed by atoms with Crippen molar-refractivity contribution in [3.8, 4) is 0 Å². The summed E-state index contributed by atoms with van der Waals surface area (Å²) in [7, 11) is 0. The molecule has 0 saturated carbocycles. The molecule has 94 valence electrons. The van der Waals surface area contributed by atoms with E-state index < -0.39 is 0 Å². The number of rotatable bonds is 3. The average molecular weight is 244 g/mol. The number of hydrogen-bond donors (Lipinski definition) is 3. The average Bonchev–Trinajstić information content (AvgIpc) is 2.85. The summed E-state index contributed by atoms with van der Waals surface area (Å²) in [5.74, 6) is 1.45. The number of piperidine rings is 1. The second-order valence-electron chi connectivity index (χ2n) is 4.63. The monoisotopic (exact) mass is 244 g/mol. The molecule has 2 aromatic rings. The summed E-state index contributed by atoms with van der Waals surface area (Å²) in [6.45, 7) is 2.06. The lowest BCUT2D eigenvalue weighted by atomic mass is 9.99. The minimum Gasteiger partial charge on any atom is -0.342 e. The van der Waals surface area contributed by atoms with E-state index in [0.717, 1.165) is 42.1 Å². The third kappa shape index (κ3) is 1.97. The molecule has 1 aliphatic rings. The molecule has 2 heterocycles. The van der Waals surface area contributed by atoms with E-state index in [2.05, 4.69) is 20.6 Å². The molecule has 0 aliphatic carbocycles. The largest absolute Gasteiger partial charge is 0.342 e. The quantitative estimate of drug-likeness (QED) is 0.718. The number of hydrogen-bond acceptors (Lipinski definition) is 3. The molecule has 0 bridgehead atoms. The van der Waals surface area contributed by atoms with Gasteiger partial charge in [-0.1, -0.05) is 6.07 Å². The van der Waals surface area contributed by atoms with Crippen molar-refractivity contribution in [3.63, 3.8) is 0 Å². The molecule has 1 fully saturated rings. The van der Waals surface area contributed by atoms with Crippen LogP contribution in [0.15, 0.2) is 18.2 Å². The van der Waals surface area contributed by atoms with E-state index in [1.807, 2.05) is 18.2 Å². The third-order valence-electron chi connectivity index (χ3n) is 3.43. The van der Waals surface area contributed by atoms with Gasteiger partial charge in [0.2, 0.25) is 6.41 Å². The van der Waals surface area contributed by atoms with Crippen molar-refractivity contribution < 1.29 is 4.79 Å². The first-order chi connectivity index (χ1) is 8.88. The Balaban J connectivity index is 1.99. The van der Waals surface area contributed by atoms with E-state index in [9.17, 15) is 4.79 Å². The van der Waals surface area contributed by atoms with Crippen LogP contribution in [0.4, 0.5) is 5.69 Å². The lowest BCUT2D eigenvalue weighted by Crippen LogP contribution is -2.28. The molecule has 5 nitrogen and oxygen atoms in total. The number of carbonyl (C=O) groups is 1. The lowest BCUT2D eigenvalue weighted by Gasteiger charge is -2.20. The van der Waals surface area contributed by atoms with Gasteiger partial charge in [0.05, 0.1) is 11.2 Å². The molecule has 1 unspecified atom stereocenters. The number of nitrogens with zero attached hydrogens (tertiary/aromatic N) is 1. The Morgan fingerprint density at radius 1 is 1.44 bits per heavy atom. The number of anilines is 1. The molecular weight excluding hydrogens is 228 g/mol. The molecule has 0 radical (unpaired) electrons. The molecule has 1 saturated heterocycles. The van der Waals surface area contributed by atoms with Crippen LogP contribution in [0.5, 0.6) is 0 Å². The molecular formula is C13H16N4O. The number of amides is 1. The predicted octanol–water partition coefficient (Wildman–Crippen LogP) is 1.60. The Kier molecular flexibility index (Phi) is 2.98. The van der Waals surface area contributed by atoms with Gasteiger partial charge in [-0.3, -0.25) is 4.79 Å². The summed E-state index contributed by atoms with van der Waals surface area (Å²) in [6.07, 6.45) is 3.02. The molecule has 1 atom stereocenters. The molecule has 18 heavy (non-hydrogen) atoms. The van der Waals surface area contributed by atoms with Gasteiger partial charge in [-0.15, -0.1) is 0 Å². The van der Waals surface area contributed by atoms with E-state index in [1.54, 1.807) is 0 Å². The van der Waals surface area contributed by atoms with Crippen LogP contribution in [0.1, 0.15) is 24.6 Å². The van der Waals surface area contributed by atoms with Crippen molar-refractivity contribution in [2.24, 2.45) is 0 Å². The van der Waals surface area contributed by atoms with Crippen molar-refractivity contribution in [3.05, 3.63) is 24.0 Å².